The van der Waals surface area contributed by atoms with Gasteiger partial charge in [0.15, 0.2) is 0 Å². The van der Waals surface area contributed by atoms with Crippen molar-refractivity contribution < 1.29 is 18.3 Å². The molecule has 2 fully saturated rings. The Hall–Kier alpha value is -3.24. The van der Waals surface area contributed by atoms with E-state index >= 15 is 0 Å². The smallest absolute Gasteiger partial charge is 0.341 e. The molecule has 3 aromatic rings. The summed E-state index contributed by atoms with van der Waals surface area (Å²) in [5.41, 5.74) is 2.28. The highest BCUT2D eigenvalue weighted by Crippen LogP contribution is 2.38. The monoisotopic (exact) mass is 586 g/mol. The van der Waals surface area contributed by atoms with Crippen molar-refractivity contribution in [3.63, 3.8) is 0 Å². The van der Waals surface area contributed by atoms with Crippen LogP contribution in [0.25, 0.3) is 11.1 Å². The molecule has 2 aliphatic rings. The van der Waals surface area contributed by atoms with Gasteiger partial charge in [-0.05, 0) is 57.0 Å². The fraction of sp³-hybridized carbons (Fsp3) is 0.500. The lowest BCUT2D eigenvalue weighted by Crippen LogP contribution is -2.46. The van der Waals surface area contributed by atoms with Crippen molar-refractivity contribution in [1.82, 2.24) is 19.7 Å². The zero-order valence-electron chi connectivity index (χ0n) is 23.6. The van der Waals surface area contributed by atoms with Gasteiger partial charge in [-0.3, -0.25) is 9.58 Å². The van der Waals surface area contributed by atoms with Gasteiger partial charge in [-0.25, -0.2) is 18.6 Å². The molecule has 4 heterocycles. The SMILES string of the molecule is CCCN1CCN(c2ccc(-c3ccc(Cl)cc3N3CCCC(n4ncc(C(=O)OCC)c4C(F)F)C3)cn2)CC1. The van der Waals surface area contributed by atoms with Crippen LogP contribution in [0.5, 0.6) is 0 Å². The van der Waals surface area contributed by atoms with Gasteiger partial charge in [0.05, 0.1) is 18.8 Å². The van der Waals surface area contributed by atoms with E-state index in [2.05, 4.69) is 38.9 Å². The quantitative estimate of drug-likeness (QED) is 0.281. The van der Waals surface area contributed by atoms with Gasteiger partial charge in [-0.2, -0.15) is 5.10 Å². The van der Waals surface area contributed by atoms with Gasteiger partial charge >= 0.3 is 5.97 Å². The van der Waals surface area contributed by atoms with Crippen LogP contribution >= 0.6 is 11.6 Å². The number of piperazine rings is 1. The number of nitrogens with zero attached hydrogens (tertiary/aromatic N) is 6. The van der Waals surface area contributed by atoms with Crippen LogP contribution in [0.2, 0.25) is 5.02 Å². The number of esters is 1. The maximum atomic E-state index is 14.1. The molecule has 2 aromatic heterocycles. The number of aromatic nitrogens is 3. The van der Waals surface area contributed by atoms with E-state index in [1.807, 2.05) is 24.4 Å². The molecule has 0 aliphatic carbocycles. The standard InChI is InChI=1S/C30H37ClF2N6O2/c1-3-11-36-13-15-37(16-14-36)27-10-7-21(18-34-27)24-9-8-22(31)17-26(24)38-12-5-6-23(20-38)39-28(29(32)33)25(19-35-39)30(40)41-4-2/h7-10,17-19,23,29H,3-6,11-16,20H2,1-2H3. The van der Waals surface area contributed by atoms with E-state index in [0.29, 0.717) is 18.0 Å². The molecule has 0 bridgehead atoms. The molecule has 11 heteroatoms. The normalized spacial score (nSPS) is 18.2. The molecule has 220 valence electrons. The Balaban J connectivity index is 1.37. The van der Waals surface area contributed by atoms with Crippen LogP contribution in [0.15, 0.2) is 42.7 Å². The number of hydrogen-bond acceptors (Lipinski definition) is 7. The number of pyridine rings is 1. The maximum Gasteiger partial charge on any atom is 0.341 e. The number of carbonyl (C=O) groups excluding carboxylic acids is 1. The Morgan fingerprint density at radius 2 is 1.88 bits per heavy atom. The first-order valence-corrected chi connectivity index (χ1v) is 14.8. The highest BCUT2D eigenvalue weighted by molar-refractivity contribution is 6.31. The lowest BCUT2D eigenvalue weighted by Gasteiger charge is -2.36. The van der Waals surface area contributed by atoms with Crippen LogP contribution in [0, 0.1) is 0 Å². The lowest BCUT2D eigenvalue weighted by molar-refractivity contribution is 0.0512. The summed E-state index contributed by atoms with van der Waals surface area (Å²) in [6, 6.07) is 9.58. The summed E-state index contributed by atoms with van der Waals surface area (Å²) in [6.07, 6.45) is 2.84. The average Bonchev–Trinajstić information content (AvgIpc) is 3.44. The highest BCUT2D eigenvalue weighted by Gasteiger charge is 2.32. The molecule has 1 unspecified atom stereocenters. The van der Waals surface area contributed by atoms with E-state index in [1.54, 1.807) is 6.92 Å². The van der Waals surface area contributed by atoms with Crippen molar-refractivity contribution in [2.45, 2.75) is 45.6 Å². The van der Waals surface area contributed by atoms with Gasteiger partial charge in [0.1, 0.15) is 17.1 Å². The zero-order valence-corrected chi connectivity index (χ0v) is 24.4. The Morgan fingerprint density at radius 1 is 1.07 bits per heavy atom. The Kier molecular flexibility index (Phi) is 9.39. The summed E-state index contributed by atoms with van der Waals surface area (Å²) < 4.78 is 34.6. The van der Waals surface area contributed by atoms with Crippen molar-refractivity contribution in [3.8, 4) is 11.1 Å². The van der Waals surface area contributed by atoms with Gasteiger partial charge in [-0.1, -0.05) is 24.6 Å². The number of rotatable bonds is 9. The molecule has 8 nitrogen and oxygen atoms in total. The number of alkyl halides is 2. The molecular weight excluding hydrogens is 550 g/mol. The molecule has 0 saturated carbocycles. The van der Waals surface area contributed by atoms with E-state index in [9.17, 15) is 13.6 Å². The largest absolute Gasteiger partial charge is 0.462 e. The molecular formula is C30H37ClF2N6O2. The lowest BCUT2D eigenvalue weighted by atomic mass is 10.00. The Bertz CT molecular complexity index is 1330. The summed E-state index contributed by atoms with van der Waals surface area (Å²) in [4.78, 5) is 24.1. The second kappa shape index (κ2) is 13.2. The summed E-state index contributed by atoms with van der Waals surface area (Å²) in [5.74, 6) is 0.187. The first-order valence-electron chi connectivity index (χ1n) is 14.4. The molecule has 2 saturated heterocycles. The second-order valence-electron chi connectivity index (χ2n) is 10.5. The van der Waals surface area contributed by atoms with E-state index in [-0.39, 0.29) is 18.2 Å². The van der Waals surface area contributed by atoms with Gasteiger partial charge in [-0.15, -0.1) is 0 Å². The van der Waals surface area contributed by atoms with E-state index in [4.69, 9.17) is 21.3 Å². The van der Waals surface area contributed by atoms with Crippen molar-refractivity contribution in [1.29, 1.82) is 0 Å². The fourth-order valence-corrected chi connectivity index (χ4v) is 6.05. The molecule has 0 N–H and O–H groups in total. The van der Waals surface area contributed by atoms with E-state index in [1.165, 1.54) is 10.9 Å². The predicted octanol–water partition coefficient (Wildman–Crippen LogP) is 6.09. The first-order chi connectivity index (χ1) is 19.9. The predicted molar refractivity (Wildman–Crippen MR) is 157 cm³/mol. The van der Waals surface area contributed by atoms with Crippen LogP contribution in [-0.4, -0.2) is 78.1 Å². The maximum absolute atomic E-state index is 14.1. The van der Waals surface area contributed by atoms with Crippen LogP contribution in [0.3, 0.4) is 0 Å². The molecule has 41 heavy (non-hydrogen) atoms. The first kappa shape index (κ1) is 29.3. The second-order valence-corrected chi connectivity index (χ2v) is 11.0. The summed E-state index contributed by atoms with van der Waals surface area (Å²) in [5, 5.41) is 4.82. The topological polar surface area (TPSA) is 66.7 Å². The van der Waals surface area contributed by atoms with Crippen molar-refractivity contribution >= 4 is 29.1 Å². The van der Waals surface area contributed by atoms with Gasteiger partial charge in [0, 0.05) is 67.3 Å². The Labute approximate surface area is 244 Å². The Morgan fingerprint density at radius 3 is 2.56 bits per heavy atom. The minimum Gasteiger partial charge on any atom is -0.462 e. The molecule has 1 atom stereocenters. The molecule has 0 radical (unpaired) electrons. The highest BCUT2D eigenvalue weighted by atomic mass is 35.5. The summed E-state index contributed by atoms with van der Waals surface area (Å²) >= 11 is 6.45. The molecule has 1 aromatic carbocycles. The molecule has 2 aliphatic heterocycles. The van der Waals surface area contributed by atoms with Crippen molar-refractivity contribution in [2.24, 2.45) is 0 Å². The van der Waals surface area contributed by atoms with Gasteiger partial charge < -0.3 is 14.5 Å². The third kappa shape index (κ3) is 6.48. The van der Waals surface area contributed by atoms with Gasteiger partial charge in [0.25, 0.3) is 6.43 Å². The van der Waals surface area contributed by atoms with E-state index < -0.39 is 18.1 Å². The van der Waals surface area contributed by atoms with Crippen molar-refractivity contribution in [3.05, 3.63) is 59.0 Å². The van der Waals surface area contributed by atoms with Crippen LogP contribution in [0.4, 0.5) is 20.3 Å². The van der Waals surface area contributed by atoms with E-state index in [0.717, 1.165) is 74.7 Å². The average molecular weight is 587 g/mol. The number of halogens is 3. The number of hydrogen-bond donors (Lipinski definition) is 0. The van der Waals surface area contributed by atoms with Crippen LogP contribution in [0.1, 0.15) is 61.6 Å². The fourth-order valence-electron chi connectivity index (χ4n) is 5.88. The number of carbonyl (C=O) groups is 1. The van der Waals surface area contributed by atoms with Crippen molar-refractivity contribution in [2.75, 3.05) is 62.2 Å². The minimum absolute atomic E-state index is 0.104. The summed E-state index contributed by atoms with van der Waals surface area (Å²) in [7, 11) is 0. The number of piperidine rings is 1. The third-order valence-electron chi connectivity index (χ3n) is 7.87. The third-order valence-corrected chi connectivity index (χ3v) is 8.11. The molecule has 0 amide bonds. The number of anilines is 2. The molecule has 0 spiro atoms. The minimum atomic E-state index is -2.85. The molecule has 5 rings (SSSR count). The number of ether oxygens (including phenoxy) is 1. The summed E-state index contributed by atoms with van der Waals surface area (Å²) in [6.45, 7) is 10.3. The number of benzene rings is 1. The zero-order chi connectivity index (χ0) is 28.9. The van der Waals surface area contributed by atoms with Crippen LogP contribution in [-0.2, 0) is 4.74 Å². The van der Waals surface area contributed by atoms with Gasteiger partial charge in [0.2, 0.25) is 0 Å². The van der Waals surface area contributed by atoms with Crippen LogP contribution < -0.4 is 9.80 Å².